The van der Waals surface area contributed by atoms with E-state index in [0.29, 0.717) is 41.6 Å². The molecular weight excluding hydrogens is 542 g/mol. The summed E-state index contributed by atoms with van der Waals surface area (Å²) >= 11 is 0. The lowest BCUT2D eigenvalue weighted by Gasteiger charge is -2.27. The number of rotatable bonds is 10. The minimum atomic E-state index is -1.26. The second-order valence-electron chi connectivity index (χ2n) is 8.01. The van der Waals surface area contributed by atoms with Crippen molar-refractivity contribution in [3.8, 4) is 28.5 Å². The number of piperazine rings is 1. The lowest BCUT2D eigenvalue weighted by Crippen LogP contribution is -2.42. The maximum atomic E-state index is 9.55. The summed E-state index contributed by atoms with van der Waals surface area (Å²) in [6.07, 6.45) is 4.09. The molecule has 0 unspecified atom stereocenters. The van der Waals surface area contributed by atoms with Crippen LogP contribution < -0.4 is 19.5 Å². The third-order valence-corrected chi connectivity index (χ3v) is 5.14. The van der Waals surface area contributed by atoms with Gasteiger partial charge >= 0.3 is 23.9 Å². The van der Waals surface area contributed by atoms with Crippen LogP contribution >= 0.6 is 0 Å². The first-order valence-electron chi connectivity index (χ1n) is 12.0. The standard InChI is InChI=1S/C19H25N3O3.2C4H4O4/c1-23-17-11-15(12-18(24-2)19(17)25-3)16-10-14(4-5-21-16)13-22-8-6-20-7-9-22;2*5-3(6)1-2-4(7)8/h4-5,10-12,20H,6-9,13H2,1-3H3;2*1-2H,(H,5,6)(H,7,8). The smallest absolute Gasteiger partial charge is 0.328 e. The number of aromatic nitrogens is 1. The summed E-state index contributed by atoms with van der Waals surface area (Å²) in [6.45, 7) is 5.17. The van der Waals surface area contributed by atoms with Crippen LogP contribution in [0.4, 0.5) is 0 Å². The van der Waals surface area contributed by atoms with Crippen LogP contribution in [0.5, 0.6) is 17.2 Å². The Labute approximate surface area is 236 Å². The Morgan fingerprint density at radius 2 is 1.27 bits per heavy atom. The summed E-state index contributed by atoms with van der Waals surface area (Å²) in [7, 11) is 4.84. The van der Waals surface area contributed by atoms with Crippen molar-refractivity contribution in [2.45, 2.75) is 6.54 Å². The zero-order valence-electron chi connectivity index (χ0n) is 22.8. The number of hydrogen-bond donors (Lipinski definition) is 5. The molecule has 1 aliphatic rings. The molecule has 1 aromatic heterocycles. The van der Waals surface area contributed by atoms with Crippen LogP contribution in [0.15, 0.2) is 54.8 Å². The number of ether oxygens (including phenoxy) is 3. The van der Waals surface area contributed by atoms with Gasteiger partial charge in [-0.3, -0.25) is 9.88 Å². The van der Waals surface area contributed by atoms with Gasteiger partial charge in [0, 0.05) is 68.8 Å². The molecule has 0 aliphatic carbocycles. The molecule has 1 fully saturated rings. The summed E-state index contributed by atoms with van der Waals surface area (Å²) in [5, 5.41) is 34.6. The molecule has 0 radical (unpaired) electrons. The van der Waals surface area contributed by atoms with Crippen LogP contribution in [-0.4, -0.2) is 102 Å². The molecule has 41 heavy (non-hydrogen) atoms. The molecule has 0 atom stereocenters. The fraction of sp³-hybridized carbons (Fsp3) is 0.296. The second-order valence-corrected chi connectivity index (χ2v) is 8.01. The molecule has 2 aromatic rings. The molecule has 0 amide bonds. The quantitative estimate of drug-likeness (QED) is 0.255. The Morgan fingerprint density at radius 3 is 1.66 bits per heavy atom. The minimum Gasteiger partial charge on any atom is -0.493 e. The predicted octanol–water partition coefficient (Wildman–Crippen LogP) is 1.60. The first kappa shape index (κ1) is 34.1. The van der Waals surface area contributed by atoms with Gasteiger partial charge in [-0.05, 0) is 29.8 Å². The number of nitrogens with one attached hydrogen (secondary N) is 1. The van der Waals surface area contributed by atoms with Crippen molar-refractivity contribution in [1.82, 2.24) is 15.2 Å². The van der Waals surface area contributed by atoms with E-state index in [-0.39, 0.29) is 0 Å². The Kier molecular flexibility index (Phi) is 15.3. The summed E-state index contributed by atoms with van der Waals surface area (Å²) in [4.78, 5) is 45.2. The van der Waals surface area contributed by atoms with Crippen molar-refractivity contribution in [3.63, 3.8) is 0 Å². The van der Waals surface area contributed by atoms with Gasteiger partial charge < -0.3 is 40.0 Å². The fourth-order valence-electron chi connectivity index (χ4n) is 3.37. The van der Waals surface area contributed by atoms with Crippen LogP contribution in [0.25, 0.3) is 11.3 Å². The first-order chi connectivity index (χ1) is 19.5. The molecule has 14 heteroatoms. The number of hydrogen-bond acceptors (Lipinski definition) is 10. The summed E-state index contributed by atoms with van der Waals surface area (Å²) in [5.74, 6) is -3.18. The number of benzene rings is 1. The molecule has 3 rings (SSSR count). The number of nitrogens with zero attached hydrogens (tertiary/aromatic N) is 2. The maximum Gasteiger partial charge on any atom is 0.328 e. The van der Waals surface area contributed by atoms with Gasteiger partial charge in [-0.1, -0.05) is 0 Å². The van der Waals surface area contributed by atoms with Gasteiger partial charge in [0.2, 0.25) is 5.75 Å². The van der Waals surface area contributed by atoms with Crippen LogP contribution in [0.1, 0.15) is 5.56 Å². The predicted molar refractivity (Wildman–Crippen MR) is 146 cm³/mol. The Hall–Kier alpha value is -4.95. The SMILES string of the molecule is COc1cc(-c2cc(CN3CCNCC3)ccn2)cc(OC)c1OC.O=C(O)C=CC(=O)O.O=C(O)C=CC(=O)O. The van der Waals surface area contributed by atoms with Crippen molar-refractivity contribution in [2.24, 2.45) is 0 Å². The average Bonchev–Trinajstić information content (AvgIpc) is 2.95. The van der Waals surface area contributed by atoms with E-state index in [1.807, 2.05) is 18.3 Å². The van der Waals surface area contributed by atoms with Crippen molar-refractivity contribution >= 4 is 23.9 Å². The highest BCUT2D eigenvalue weighted by Crippen LogP contribution is 2.40. The average molecular weight is 576 g/mol. The van der Waals surface area contributed by atoms with Gasteiger partial charge in [0.1, 0.15) is 0 Å². The fourth-order valence-corrected chi connectivity index (χ4v) is 3.37. The highest BCUT2D eigenvalue weighted by molar-refractivity contribution is 5.90. The van der Waals surface area contributed by atoms with E-state index in [0.717, 1.165) is 44.0 Å². The Morgan fingerprint density at radius 1 is 0.805 bits per heavy atom. The lowest BCUT2D eigenvalue weighted by atomic mass is 10.1. The number of carboxylic acids is 4. The topological polar surface area (TPSA) is 205 Å². The first-order valence-corrected chi connectivity index (χ1v) is 12.0. The van der Waals surface area contributed by atoms with Crippen LogP contribution in [-0.2, 0) is 25.7 Å². The zero-order valence-corrected chi connectivity index (χ0v) is 22.8. The number of carbonyl (C=O) groups is 4. The monoisotopic (exact) mass is 575 g/mol. The van der Waals surface area contributed by atoms with Gasteiger partial charge in [0.15, 0.2) is 11.5 Å². The van der Waals surface area contributed by atoms with E-state index in [1.165, 1.54) is 5.56 Å². The molecule has 1 aliphatic heterocycles. The van der Waals surface area contributed by atoms with Crippen molar-refractivity contribution in [1.29, 1.82) is 0 Å². The minimum absolute atomic E-state index is 0.558. The van der Waals surface area contributed by atoms with Gasteiger partial charge in [-0.15, -0.1) is 0 Å². The Bertz CT molecular complexity index is 1150. The van der Waals surface area contributed by atoms with Gasteiger partial charge in [-0.25, -0.2) is 19.2 Å². The van der Waals surface area contributed by atoms with E-state index in [4.69, 9.17) is 34.6 Å². The molecule has 0 spiro atoms. The van der Waals surface area contributed by atoms with Crippen LogP contribution in [0.2, 0.25) is 0 Å². The Balaban J connectivity index is 0.000000433. The molecular formula is C27H33N3O11. The molecule has 14 nitrogen and oxygen atoms in total. The van der Waals surface area contributed by atoms with Crippen molar-refractivity contribution in [2.75, 3.05) is 47.5 Å². The summed E-state index contributed by atoms with van der Waals surface area (Å²) < 4.78 is 16.3. The van der Waals surface area contributed by atoms with Crippen molar-refractivity contribution < 1.29 is 53.8 Å². The maximum absolute atomic E-state index is 9.55. The molecule has 5 N–H and O–H groups in total. The lowest BCUT2D eigenvalue weighted by molar-refractivity contribution is -0.134. The van der Waals surface area contributed by atoms with E-state index in [1.54, 1.807) is 21.3 Å². The van der Waals surface area contributed by atoms with E-state index in [2.05, 4.69) is 27.3 Å². The third kappa shape index (κ3) is 13.6. The number of aliphatic carboxylic acids is 4. The normalized spacial score (nSPS) is 12.9. The second kappa shape index (κ2) is 18.4. The highest BCUT2D eigenvalue weighted by atomic mass is 16.5. The third-order valence-electron chi connectivity index (χ3n) is 5.14. The largest absolute Gasteiger partial charge is 0.493 e. The van der Waals surface area contributed by atoms with E-state index >= 15 is 0 Å². The van der Waals surface area contributed by atoms with E-state index in [9.17, 15) is 19.2 Å². The van der Waals surface area contributed by atoms with Gasteiger partial charge in [0.05, 0.1) is 27.0 Å². The van der Waals surface area contributed by atoms with Gasteiger partial charge in [-0.2, -0.15) is 0 Å². The van der Waals surface area contributed by atoms with Crippen LogP contribution in [0.3, 0.4) is 0 Å². The van der Waals surface area contributed by atoms with Crippen LogP contribution in [0, 0.1) is 0 Å². The number of methoxy groups -OCH3 is 3. The molecule has 222 valence electrons. The van der Waals surface area contributed by atoms with E-state index < -0.39 is 23.9 Å². The molecule has 0 saturated carbocycles. The van der Waals surface area contributed by atoms with Gasteiger partial charge in [0.25, 0.3) is 0 Å². The molecule has 1 saturated heterocycles. The summed E-state index contributed by atoms with van der Waals surface area (Å²) in [6, 6.07) is 8.06. The molecule has 0 bridgehead atoms. The molecule has 1 aromatic carbocycles. The number of pyridine rings is 1. The number of carboxylic acid groups (broad SMARTS) is 4. The summed E-state index contributed by atoms with van der Waals surface area (Å²) in [5.41, 5.74) is 3.09. The zero-order chi connectivity index (χ0) is 30.8. The highest BCUT2D eigenvalue weighted by Gasteiger charge is 2.16. The molecule has 2 heterocycles. The van der Waals surface area contributed by atoms with Crippen molar-refractivity contribution in [3.05, 3.63) is 60.3 Å².